The molecule has 8 nitrogen and oxygen atoms in total. The Labute approximate surface area is 172 Å². The molecular formula is C17H11Cl2N5O3S. The van der Waals surface area contributed by atoms with Gasteiger partial charge >= 0.3 is 5.97 Å². The van der Waals surface area contributed by atoms with Crippen LogP contribution in [0.3, 0.4) is 0 Å². The van der Waals surface area contributed by atoms with Gasteiger partial charge in [0.25, 0.3) is 0 Å². The number of halogens is 2. The SMILES string of the molecule is COC(=O)C1=C(C(=O)c2cccs2)C(c2ccc(Cl)cc2Cl)n2nnnc2N1. The lowest BCUT2D eigenvalue weighted by Crippen LogP contribution is -2.32. The van der Waals surface area contributed by atoms with E-state index in [2.05, 4.69) is 20.8 Å². The molecule has 0 saturated heterocycles. The van der Waals surface area contributed by atoms with Crippen molar-refractivity contribution in [3.8, 4) is 0 Å². The lowest BCUT2D eigenvalue weighted by Gasteiger charge is -2.28. The molecule has 11 heteroatoms. The molecule has 0 aliphatic carbocycles. The lowest BCUT2D eigenvalue weighted by atomic mass is 9.91. The Morgan fingerprint density at radius 1 is 1.29 bits per heavy atom. The second-order valence-electron chi connectivity index (χ2n) is 5.73. The molecule has 1 aromatic carbocycles. The molecule has 0 saturated carbocycles. The van der Waals surface area contributed by atoms with Crippen LogP contribution in [0.4, 0.5) is 5.95 Å². The second-order valence-corrected chi connectivity index (χ2v) is 7.52. The molecular weight excluding hydrogens is 425 g/mol. The molecule has 142 valence electrons. The number of methoxy groups -OCH3 is 1. The Morgan fingerprint density at radius 2 is 2.11 bits per heavy atom. The van der Waals surface area contributed by atoms with E-state index >= 15 is 0 Å². The van der Waals surface area contributed by atoms with Gasteiger partial charge in [-0.1, -0.05) is 40.4 Å². The molecule has 1 aliphatic rings. The minimum atomic E-state index is -0.847. The molecule has 1 unspecified atom stereocenters. The summed E-state index contributed by atoms with van der Waals surface area (Å²) in [7, 11) is 1.23. The van der Waals surface area contributed by atoms with Crippen molar-refractivity contribution in [2.45, 2.75) is 6.04 Å². The summed E-state index contributed by atoms with van der Waals surface area (Å²) in [5.41, 5.74) is 0.597. The van der Waals surface area contributed by atoms with Crippen LogP contribution >= 0.6 is 34.5 Å². The number of aromatic nitrogens is 4. The van der Waals surface area contributed by atoms with Crippen LogP contribution in [0, 0.1) is 0 Å². The van der Waals surface area contributed by atoms with Gasteiger partial charge in [0.15, 0.2) is 0 Å². The van der Waals surface area contributed by atoms with Gasteiger partial charge < -0.3 is 10.1 Å². The molecule has 4 rings (SSSR count). The van der Waals surface area contributed by atoms with Crippen molar-refractivity contribution in [2.24, 2.45) is 0 Å². The van der Waals surface area contributed by atoms with Gasteiger partial charge in [0, 0.05) is 15.6 Å². The summed E-state index contributed by atoms with van der Waals surface area (Å²) in [5, 5.41) is 16.8. The maximum atomic E-state index is 13.3. The molecule has 3 heterocycles. The van der Waals surface area contributed by atoms with Crippen molar-refractivity contribution in [3.63, 3.8) is 0 Å². The zero-order chi connectivity index (χ0) is 19.8. The molecule has 0 radical (unpaired) electrons. The van der Waals surface area contributed by atoms with E-state index in [-0.39, 0.29) is 23.0 Å². The average Bonchev–Trinajstić information content (AvgIpc) is 3.37. The number of rotatable bonds is 4. The number of anilines is 1. The molecule has 0 bridgehead atoms. The highest BCUT2D eigenvalue weighted by Crippen LogP contribution is 2.40. The number of benzene rings is 1. The van der Waals surface area contributed by atoms with Gasteiger partial charge in [-0.3, -0.25) is 4.79 Å². The second kappa shape index (κ2) is 7.34. The quantitative estimate of drug-likeness (QED) is 0.495. The predicted octanol–water partition coefficient (Wildman–Crippen LogP) is 3.37. The van der Waals surface area contributed by atoms with E-state index in [0.29, 0.717) is 20.5 Å². The first kappa shape index (κ1) is 18.6. The third kappa shape index (κ3) is 3.07. The number of nitrogens with one attached hydrogen (secondary N) is 1. The molecule has 1 aliphatic heterocycles. The number of Topliss-reactive ketones (excluding diaryl/α,β-unsaturated/α-hetero) is 1. The Bertz CT molecular complexity index is 1110. The normalized spacial score (nSPS) is 15.8. The van der Waals surface area contributed by atoms with Crippen molar-refractivity contribution in [3.05, 3.63) is 67.5 Å². The average molecular weight is 436 g/mol. The lowest BCUT2D eigenvalue weighted by molar-refractivity contribution is -0.136. The Hall–Kier alpha value is -2.75. The van der Waals surface area contributed by atoms with Crippen LogP contribution in [-0.4, -0.2) is 39.1 Å². The highest BCUT2D eigenvalue weighted by molar-refractivity contribution is 7.12. The summed E-state index contributed by atoms with van der Waals surface area (Å²) in [6.07, 6.45) is 0. The molecule has 3 aromatic rings. The van der Waals surface area contributed by atoms with E-state index in [1.807, 2.05) is 0 Å². The van der Waals surface area contributed by atoms with Crippen molar-refractivity contribution in [1.29, 1.82) is 0 Å². The monoisotopic (exact) mass is 435 g/mol. The van der Waals surface area contributed by atoms with Crippen LogP contribution in [0.5, 0.6) is 0 Å². The number of ketones is 1. The molecule has 0 fully saturated rings. The maximum absolute atomic E-state index is 13.3. The number of esters is 1. The van der Waals surface area contributed by atoms with E-state index in [1.165, 1.54) is 23.1 Å². The number of allylic oxidation sites excluding steroid dienone is 1. The van der Waals surface area contributed by atoms with Crippen LogP contribution < -0.4 is 5.32 Å². The summed E-state index contributed by atoms with van der Waals surface area (Å²) >= 11 is 13.7. The van der Waals surface area contributed by atoms with Gasteiger partial charge in [0.05, 0.1) is 17.6 Å². The molecule has 2 aromatic heterocycles. The molecule has 1 atom stereocenters. The topological polar surface area (TPSA) is 99.0 Å². The standard InChI is InChI=1S/C17H11Cl2N5O3S/c1-27-16(26)13-12(15(25)11-3-2-6-28-11)14(24-17(20-13)21-22-23-24)9-5-4-8(18)7-10(9)19/h2-7,14H,1H3,(H,20,21,23). The number of carbonyl (C=O) groups is 2. The van der Waals surface area contributed by atoms with Gasteiger partial charge in [0.2, 0.25) is 11.7 Å². The molecule has 1 N–H and O–H groups in total. The van der Waals surface area contributed by atoms with E-state index in [0.717, 1.165) is 0 Å². The number of tetrazole rings is 1. The minimum Gasteiger partial charge on any atom is -0.464 e. The summed E-state index contributed by atoms with van der Waals surface area (Å²) in [4.78, 5) is 26.3. The van der Waals surface area contributed by atoms with Gasteiger partial charge in [-0.05, 0) is 34.0 Å². The summed E-state index contributed by atoms with van der Waals surface area (Å²) in [6.45, 7) is 0. The highest BCUT2D eigenvalue weighted by Gasteiger charge is 2.39. The number of hydrogen-bond donors (Lipinski definition) is 1. The van der Waals surface area contributed by atoms with Crippen molar-refractivity contribution >= 4 is 52.2 Å². The first-order valence-corrected chi connectivity index (χ1v) is 9.55. The van der Waals surface area contributed by atoms with E-state index < -0.39 is 12.0 Å². The fourth-order valence-corrected chi connectivity index (χ4v) is 4.13. The summed E-state index contributed by atoms with van der Waals surface area (Å²) < 4.78 is 6.26. The van der Waals surface area contributed by atoms with E-state index in [9.17, 15) is 9.59 Å². The number of fused-ring (bicyclic) bond motifs is 1. The van der Waals surface area contributed by atoms with Gasteiger partial charge in [-0.15, -0.1) is 11.3 Å². The molecule has 0 amide bonds. The largest absolute Gasteiger partial charge is 0.464 e. The summed E-state index contributed by atoms with van der Waals surface area (Å²) in [6, 6.07) is 7.43. The van der Waals surface area contributed by atoms with Crippen LogP contribution in [0.2, 0.25) is 10.0 Å². The summed E-state index contributed by atoms with van der Waals surface area (Å²) in [5.74, 6) is -0.900. The first-order chi connectivity index (χ1) is 13.5. The smallest absolute Gasteiger partial charge is 0.355 e. The highest BCUT2D eigenvalue weighted by atomic mass is 35.5. The van der Waals surface area contributed by atoms with E-state index in [4.69, 9.17) is 27.9 Å². The Morgan fingerprint density at radius 3 is 2.79 bits per heavy atom. The maximum Gasteiger partial charge on any atom is 0.355 e. The number of nitrogens with zero attached hydrogens (tertiary/aromatic N) is 4. The minimum absolute atomic E-state index is 0.0424. The predicted molar refractivity (Wildman–Crippen MR) is 104 cm³/mol. The first-order valence-electron chi connectivity index (χ1n) is 7.91. The number of carbonyl (C=O) groups excluding carboxylic acids is 2. The zero-order valence-electron chi connectivity index (χ0n) is 14.2. The fourth-order valence-electron chi connectivity index (χ4n) is 2.94. The van der Waals surface area contributed by atoms with Gasteiger partial charge in [-0.2, -0.15) is 4.68 Å². The van der Waals surface area contributed by atoms with Gasteiger partial charge in [-0.25, -0.2) is 4.79 Å². The van der Waals surface area contributed by atoms with Crippen molar-refractivity contribution < 1.29 is 14.3 Å². The van der Waals surface area contributed by atoms with Crippen molar-refractivity contribution in [1.82, 2.24) is 20.2 Å². The van der Waals surface area contributed by atoms with Gasteiger partial charge in [0.1, 0.15) is 11.7 Å². The van der Waals surface area contributed by atoms with Crippen LogP contribution in [-0.2, 0) is 9.53 Å². The number of thiophene rings is 1. The van der Waals surface area contributed by atoms with Crippen LogP contribution in [0.15, 0.2) is 47.0 Å². The van der Waals surface area contributed by atoms with Crippen LogP contribution in [0.25, 0.3) is 0 Å². The van der Waals surface area contributed by atoms with Crippen molar-refractivity contribution in [2.75, 3.05) is 12.4 Å². The van der Waals surface area contributed by atoms with Crippen LogP contribution in [0.1, 0.15) is 21.3 Å². The third-order valence-corrected chi connectivity index (χ3v) is 5.58. The molecule has 0 spiro atoms. The fraction of sp³-hybridized carbons (Fsp3) is 0.118. The Balaban J connectivity index is 1.99. The zero-order valence-corrected chi connectivity index (χ0v) is 16.5. The Kier molecular flexibility index (Phi) is 4.88. The molecule has 28 heavy (non-hydrogen) atoms. The van der Waals surface area contributed by atoms with E-state index in [1.54, 1.807) is 35.7 Å². The third-order valence-electron chi connectivity index (χ3n) is 4.15. The number of hydrogen-bond acceptors (Lipinski definition) is 8. The number of ether oxygens (including phenoxy) is 1.